The minimum atomic E-state index is -0.494. The van der Waals surface area contributed by atoms with Crippen LogP contribution in [0.5, 0.6) is 0 Å². The van der Waals surface area contributed by atoms with Crippen molar-refractivity contribution in [2.45, 2.75) is 44.3 Å². The van der Waals surface area contributed by atoms with E-state index in [0.717, 1.165) is 0 Å². The maximum absolute atomic E-state index is 14.2. The van der Waals surface area contributed by atoms with Crippen LogP contribution in [0, 0.1) is 5.82 Å². The van der Waals surface area contributed by atoms with Gasteiger partial charge in [-0.25, -0.2) is 4.39 Å². The van der Waals surface area contributed by atoms with Crippen molar-refractivity contribution in [1.82, 2.24) is 19.6 Å². The monoisotopic (exact) mass is 370 g/mol. The minimum absolute atomic E-state index is 0.0202. The summed E-state index contributed by atoms with van der Waals surface area (Å²) >= 11 is 0. The zero-order valence-electron chi connectivity index (χ0n) is 15.6. The molecular formula is C20H23FN4O2. The molecule has 6 nitrogen and oxygen atoms in total. The number of hydrogen-bond acceptors (Lipinski definition) is 3. The molecule has 0 spiro atoms. The number of carbonyl (C=O) groups excluding carboxylic acids is 2. The third-order valence-electron chi connectivity index (χ3n) is 6.09. The van der Waals surface area contributed by atoms with E-state index in [1.165, 1.54) is 6.07 Å². The molecule has 27 heavy (non-hydrogen) atoms. The number of piperidine rings is 1. The minimum Gasteiger partial charge on any atom is -0.332 e. The van der Waals surface area contributed by atoms with Crippen LogP contribution in [0.1, 0.15) is 42.2 Å². The maximum atomic E-state index is 14.2. The van der Waals surface area contributed by atoms with E-state index in [-0.39, 0.29) is 30.2 Å². The highest BCUT2D eigenvalue weighted by atomic mass is 19.1. The molecule has 2 amide bonds. The average molecular weight is 370 g/mol. The molecule has 1 aromatic carbocycles. The Morgan fingerprint density at radius 2 is 2.11 bits per heavy atom. The summed E-state index contributed by atoms with van der Waals surface area (Å²) < 4.78 is 15.7. The first-order valence-corrected chi connectivity index (χ1v) is 9.24. The largest absolute Gasteiger partial charge is 0.332 e. The van der Waals surface area contributed by atoms with Crippen molar-refractivity contribution in [3.8, 4) is 0 Å². The van der Waals surface area contributed by atoms with Gasteiger partial charge >= 0.3 is 0 Å². The summed E-state index contributed by atoms with van der Waals surface area (Å²) in [6.07, 6.45) is 3.29. The number of halogens is 1. The van der Waals surface area contributed by atoms with Gasteiger partial charge in [-0.15, -0.1) is 0 Å². The Morgan fingerprint density at radius 3 is 2.81 bits per heavy atom. The van der Waals surface area contributed by atoms with Crippen molar-refractivity contribution in [3.05, 3.63) is 53.6 Å². The predicted octanol–water partition coefficient (Wildman–Crippen LogP) is 2.36. The first kappa shape index (κ1) is 17.7. The van der Waals surface area contributed by atoms with Crippen LogP contribution in [0.3, 0.4) is 0 Å². The molecule has 2 atom stereocenters. The summed E-state index contributed by atoms with van der Waals surface area (Å²) in [6.45, 7) is 2.82. The predicted molar refractivity (Wildman–Crippen MR) is 97.2 cm³/mol. The number of nitrogens with zero attached hydrogens (tertiary/aromatic N) is 4. The van der Waals surface area contributed by atoms with Crippen LogP contribution in [-0.4, -0.2) is 49.5 Å². The van der Waals surface area contributed by atoms with Gasteiger partial charge in [0.25, 0.3) is 5.91 Å². The molecule has 0 N–H and O–H groups in total. The molecule has 1 aromatic heterocycles. The van der Waals surface area contributed by atoms with Gasteiger partial charge in [0.05, 0.1) is 11.6 Å². The number of amides is 2. The first-order valence-electron chi connectivity index (χ1n) is 9.24. The normalized spacial score (nSPS) is 25.0. The second kappa shape index (κ2) is 6.48. The summed E-state index contributed by atoms with van der Waals surface area (Å²) in [5.41, 5.74) is 0.548. The SMILES string of the molecule is Cn1nccc1C(=O)N1CC[C@@]2(C)[C@@H]1CCC(=O)N2Cc1ccccc1F. The molecule has 4 rings (SSSR count). The lowest BCUT2D eigenvalue weighted by Gasteiger charge is -2.47. The molecule has 2 aliphatic rings. The second-order valence-electron chi connectivity index (χ2n) is 7.57. The average Bonchev–Trinajstić information content (AvgIpc) is 3.22. The first-order chi connectivity index (χ1) is 12.9. The number of aromatic nitrogens is 2. The lowest BCUT2D eigenvalue weighted by molar-refractivity contribution is -0.144. The lowest BCUT2D eigenvalue weighted by atomic mass is 9.83. The van der Waals surface area contributed by atoms with Crippen molar-refractivity contribution in [2.75, 3.05) is 6.54 Å². The van der Waals surface area contributed by atoms with Gasteiger partial charge in [-0.3, -0.25) is 14.3 Å². The lowest BCUT2D eigenvalue weighted by Crippen LogP contribution is -2.60. The van der Waals surface area contributed by atoms with Crippen LogP contribution >= 0.6 is 0 Å². The zero-order chi connectivity index (χ0) is 19.2. The van der Waals surface area contributed by atoms with Gasteiger partial charge in [0.15, 0.2) is 0 Å². The van der Waals surface area contributed by atoms with Gasteiger partial charge in [0, 0.05) is 38.3 Å². The Hall–Kier alpha value is -2.70. The van der Waals surface area contributed by atoms with Gasteiger partial charge in [-0.1, -0.05) is 18.2 Å². The molecule has 0 bridgehead atoms. The highest BCUT2D eigenvalue weighted by Crippen LogP contribution is 2.42. The van der Waals surface area contributed by atoms with Crippen molar-refractivity contribution < 1.29 is 14.0 Å². The molecule has 3 heterocycles. The smallest absolute Gasteiger partial charge is 0.272 e. The molecule has 0 saturated carbocycles. The Bertz CT molecular complexity index is 896. The van der Waals surface area contributed by atoms with Crippen LogP contribution in [0.25, 0.3) is 0 Å². The third kappa shape index (κ3) is 2.81. The standard InChI is InChI=1S/C20H23FN4O2/c1-20-10-12-24(19(27)16-9-11-22-23(16)2)17(20)7-8-18(26)25(20)13-14-5-3-4-6-15(14)21/h3-6,9,11,17H,7-8,10,12-13H2,1-2H3/t17-,20-/m0/s1. The fourth-order valence-electron chi connectivity index (χ4n) is 4.51. The van der Waals surface area contributed by atoms with Crippen molar-refractivity contribution in [2.24, 2.45) is 7.05 Å². The molecule has 142 valence electrons. The Balaban J connectivity index is 1.63. The van der Waals surface area contributed by atoms with E-state index in [1.54, 1.807) is 47.1 Å². The van der Waals surface area contributed by atoms with Crippen molar-refractivity contribution in [3.63, 3.8) is 0 Å². The quantitative estimate of drug-likeness (QED) is 0.833. The Kier molecular flexibility index (Phi) is 4.25. The van der Waals surface area contributed by atoms with Gasteiger partial charge < -0.3 is 9.80 Å². The van der Waals surface area contributed by atoms with Gasteiger partial charge in [0.1, 0.15) is 11.5 Å². The number of rotatable bonds is 3. The van der Waals surface area contributed by atoms with Crippen molar-refractivity contribution >= 4 is 11.8 Å². The van der Waals surface area contributed by atoms with E-state index >= 15 is 0 Å². The third-order valence-corrected chi connectivity index (χ3v) is 6.09. The van der Waals surface area contributed by atoms with Gasteiger partial charge in [-0.2, -0.15) is 5.10 Å². The summed E-state index contributed by atoms with van der Waals surface area (Å²) in [6, 6.07) is 8.18. The summed E-state index contributed by atoms with van der Waals surface area (Å²) in [4.78, 5) is 29.4. The van der Waals surface area contributed by atoms with Crippen molar-refractivity contribution in [1.29, 1.82) is 0 Å². The Labute approximate surface area is 157 Å². The van der Waals surface area contributed by atoms with Crippen LogP contribution in [0.2, 0.25) is 0 Å². The van der Waals surface area contributed by atoms with Gasteiger partial charge in [-0.05, 0) is 31.9 Å². The molecule has 0 aliphatic carbocycles. The fraction of sp³-hybridized carbons (Fsp3) is 0.450. The number of carbonyl (C=O) groups is 2. The molecule has 2 aliphatic heterocycles. The Morgan fingerprint density at radius 1 is 1.33 bits per heavy atom. The topological polar surface area (TPSA) is 58.4 Å². The van der Waals surface area contributed by atoms with Crippen LogP contribution in [-0.2, 0) is 18.4 Å². The number of hydrogen-bond donors (Lipinski definition) is 0. The highest BCUT2D eigenvalue weighted by Gasteiger charge is 2.53. The summed E-state index contributed by atoms with van der Waals surface area (Å²) in [7, 11) is 1.75. The number of likely N-dealkylation sites (tertiary alicyclic amines) is 2. The molecule has 0 radical (unpaired) electrons. The molecule has 0 unspecified atom stereocenters. The van der Waals surface area contributed by atoms with Crippen LogP contribution in [0.15, 0.2) is 36.5 Å². The molecular weight excluding hydrogens is 347 g/mol. The van der Waals surface area contributed by atoms with E-state index in [4.69, 9.17) is 0 Å². The molecule has 2 aromatic rings. The number of aryl methyl sites for hydroxylation is 1. The number of fused-ring (bicyclic) bond motifs is 1. The molecule has 7 heteroatoms. The van der Waals surface area contributed by atoms with E-state index in [9.17, 15) is 14.0 Å². The number of benzene rings is 1. The summed E-state index contributed by atoms with van der Waals surface area (Å²) in [5.74, 6) is -0.354. The van der Waals surface area contributed by atoms with Crippen LogP contribution < -0.4 is 0 Å². The van der Waals surface area contributed by atoms with E-state index < -0.39 is 5.54 Å². The zero-order valence-corrected chi connectivity index (χ0v) is 15.6. The van der Waals surface area contributed by atoms with Gasteiger partial charge in [0.2, 0.25) is 5.91 Å². The summed E-state index contributed by atoms with van der Waals surface area (Å²) in [5, 5.41) is 4.09. The van der Waals surface area contributed by atoms with E-state index in [0.29, 0.717) is 37.1 Å². The maximum Gasteiger partial charge on any atom is 0.272 e. The molecule has 2 fully saturated rings. The highest BCUT2D eigenvalue weighted by molar-refractivity contribution is 5.93. The van der Waals surface area contributed by atoms with E-state index in [2.05, 4.69) is 5.10 Å². The molecule has 2 saturated heterocycles. The fourth-order valence-corrected chi connectivity index (χ4v) is 4.51. The second-order valence-corrected chi connectivity index (χ2v) is 7.57. The van der Waals surface area contributed by atoms with E-state index in [1.807, 2.05) is 11.8 Å². The van der Waals surface area contributed by atoms with Crippen LogP contribution in [0.4, 0.5) is 4.39 Å².